The van der Waals surface area contributed by atoms with Crippen LogP contribution in [-0.4, -0.2) is 92.3 Å². The lowest BCUT2D eigenvalue weighted by Crippen LogP contribution is -2.60. The van der Waals surface area contributed by atoms with Crippen LogP contribution in [0.5, 0.6) is 5.75 Å². The van der Waals surface area contributed by atoms with Crippen LogP contribution in [-0.2, 0) is 23.7 Å². The number of aliphatic hydroxyl groups is 4. The molecule has 9 atom stereocenters. The number of ether oxygens (including phenoxy) is 4. The maximum atomic E-state index is 12.2. The molecule has 1 saturated heterocycles. The second-order valence-electron chi connectivity index (χ2n) is 8.64. The van der Waals surface area contributed by atoms with Gasteiger partial charge in [0.25, 0.3) is 0 Å². The predicted octanol–water partition coefficient (Wildman–Crippen LogP) is -0.749. The van der Waals surface area contributed by atoms with E-state index >= 15 is 0 Å². The Labute approximate surface area is 199 Å². The highest BCUT2D eigenvalue weighted by molar-refractivity contribution is 5.89. The summed E-state index contributed by atoms with van der Waals surface area (Å²) in [7, 11) is 0. The largest absolute Gasteiger partial charge is 0.508 e. The Morgan fingerprint density at radius 3 is 2.37 bits per heavy atom. The standard InChI is InChI=1S/C23H26O12/c1-9-14(25)6-12-13(20(29)30)7-33-22(16(9)12)35-23-19(28)18(27)17(26)15(34-23)8-32-21(31)10-2-4-11(24)5-3-10/h2-5,7,12,14-19,22-28H,1,6,8H2,(H,29,30)/t12?,14?,15-,16?,17-,18+,19-,22?,23+/m1/s1. The Balaban J connectivity index is 1.45. The molecule has 1 aromatic rings. The first kappa shape index (κ1) is 25.1. The maximum absolute atomic E-state index is 12.2. The number of carbonyl (C=O) groups excluding carboxylic acids is 1. The van der Waals surface area contributed by atoms with E-state index in [-0.39, 0.29) is 28.9 Å². The number of rotatable bonds is 6. The van der Waals surface area contributed by atoms with Crippen molar-refractivity contribution < 1.29 is 59.2 Å². The molecule has 0 radical (unpaired) electrons. The summed E-state index contributed by atoms with van der Waals surface area (Å²) >= 11 is 0. The number of carbonyl (C=O) groups is 2. The molecule has 0 aromatic heterocycles. The Morgan fingerprint density at radius 2 is 1.71 bits per heavy atom. The van der Waals surface area contributed by atoms with Gasteiger partial charge in [-0.3, -0.25) is 0 Å². The summed E-state index contributed by atoms with van der Waals surface area (Å²) < 4.78 is 21.8. The van der Waals surface area contributed by atoms with E-state index in [1.807, 2.05) is 0 Å². The topological polar surface area (TPSA) is 192 Å². The van der Waals surface area contributed by atoms with Crippen LogP contribution in [0.15, 0.2) is 48.3 Å². The fourth-order valence-corrected chi connectivity index (χ4v) is 4.48. The molecule has 0 spiro atoms. The quantitative estimate of drug-likeness (QED) is 0.214. The van der Waals surface area contributed by atoms with Crippen LogP contribution in [0, 0.1) is 11.8 Å². The van der Waals surface area contributed by atoms with Gasteiger partial charge < -0.3 is 49.6 Å². The molecule has 12 nitrogen and oxygen atoms in total. The Kier molecular flexibility index (Phi) is 7.12. The van der Waals surface area contributed by atoms with Crippen molar-refractivity contribution in [1.29, 1.82) is 0 Å². The van der Waals surface area contributed by atoms with Crippen molar-refractivity contribution in [3.8, 4) is 5.75 Å². The molecule has 2 fully saturated rings. The molecule has 6 N–H and O–H groups in total. The van der Waals surface area contributed by atoms with Gasteiger partial charge in [0.05, 0.1) is 29.4 Å². The lowest BCUT2D eigenvalue weighted by molar-refractivity contribution is -0.339. The number of hydrogen-bond donors (Lipinski definition) is 6. The SMILES string of the molecule is C=C1C(O)CC2C(C(=O)O)=COC(O[C@@H]3O[C@H](COC(=O)c4ccc(O)cc4)[C@@H](O)[C@H](O)[C@H]3O)C12. The fraction of sp³-hybridized carbons (Fsp3) is 0.478. The van der Waals surface area contributed by atoms with Gasteiger partial charge in [-0.15, -0.1) is 0 Å². The van der Waals surface area contributed by atoms with Crippen LogP contribution in [0.25, 0.3) is 0 Å². The van der Waals surface area contributed by atoms with Crippen LogP contribution >= 0.6 is 0 Å². The number of aliphatic carboxylic acids is 1. The monoisotopic (exact) mass is 494 g/mol. The molecule has 35 heavy (non-hydrogen) atoms. The summed E-state index contributed by atoms with van der Waals surface area (Å²) in [4.78, 5) is 23.8. The number of carboxylic acids is 1. The van der Waals surface area contributed by atoms with Gasteiger partial charge in [0.1, 0.15) is 36.8 Å². The third-order valence-electron chi connectivity index (χ3n) is 6.45. The number of hydrogen-bond acceptors (Lipinski definition) is 11. The molecule has 0 amide bonds. The Hall–Kier alpha value is -3.00. The third kappa shape index (κ3) is 4.89. The van der Waals surface area contributed by atoms with E-state index in [0.717, 1.165) is 6.26 Å². The van der Waals surface area contributed by atoms with Crippen LogP contribution < -0.4 is 0 Å². The molecule has 3 aliphatic rings. The summed E-state index contributed by atoms with van der Waals surface area (Å²) in [5.41, 5.74) is 0.353. The predicted molar refractivity (Wildman–Crippen MR) is 113 cm³/mol. The van der Waals surface area contributed by atoms with Crippen molar-refractivity contribution in [2.24, 2.45) is 11.8 Å². The average Bonchev–Trinajstić information content (AvgIpc) is 3.13. The van der Waals surface area contributed by atoms with Gasteiger partial charge in [0.2, 0.25) is 6.29 Å². The maximum Gasteiger partial charge on any atom is 0.338 e. The summed E-state index contributed by atoms with van der Waals surface area (Å²) in [5, 5.41) is 60.0. The van der Waals surface area contributed by atoms with Gasteiger partial charge >= 0.3 is 11.9 Å². The Morgan fingerprint density at radius 1 is 1.03 bits per heavy atom. The summed E-state index contributed by atoms with van der Waals surface area (Å²) in [6.45, 7) is 3.30. The Bertz CT molecular complexity index is 1000. The van der Waals surface area contributed by atoms with E-state index in [0.29, 0.717) is 0 Å². The van der Waals surface area contributed by atoms with Crippen LogP contribution in [0.1, 0.15) is 16.8 Å². The number of phenolic OH excluding ortho intramolecular Hbond substituents is 1. The lowest BCUT2D eigenvalue weighted by Gasteiger charge is -2.42. The molecule has 1 saturated carbocycles. The van der Waals surface area contributed by atoms with Gasteiger partial charge in [-0.2, -0.15) is 0 Å². The summed E-state index contributed by atoms with van der Waals surface area (Å²) in [5.74, 6) is -3.47. The first-order valence-electron chi connectivity index (χ1n) is 10.8. The van der Waals surface area contributed by atoms with Crippen molar-refractivity contribution in [1.82, 2.24) is 0 Å². The molecule has 4 unspecified atom stereocenters. The summed E-state index contributed by atoms with van der Waals surface area (Å²) in [6, 6.07) is 5.25. The highest BCUT2D eigenvalue weighted by Crippen LogP contribution is 2.46. The molecule has 2 aliphatic heterocycles. The van der Waals surface area contributed by atoms with Gasteiger partial charge in [-0.25, -0.2) is 9.59 Å². The molecule has 190 valence electrons. The van der Waals surface area contributed by atoms with Gasteiger partial charge in [-0.05, 0) is 36.3 Å². The van der Waals surface area contributed by atoms with E-state index in [1.54, 1.807) is 0 Å². The third-order valence-corrected chi connectivity index (χ3v) is 6.45. The van der Waals surface area contributed by atoms with Crippen molar-refractivity contribution >= 4 is 11.9 Å². The molecule has 0 bridgehead atoms. The lowest BCUT2D eigenvalue weighted by atomic mass is 9.85. The smallest absolute Gasteiger partial charge is 0.338 e. The molecule has 12 heteroatoms. The van der Waals surface area contributed by atoms with Gasteiger partial charge in [0, 0.05) is 5.92 Å². The second-order valence-corrected chi connectivity index (χ2v) is 8.64. The van der Waals surface area contributed by atoms with Crippen molar-refractivity contribution in [3.63, 3.8) is 0 Å². The highest BCUT2D eigenvalue weighted by Gasteiger charge is 2.52. The molecular weight excluding hydrogens is 468 g/mol. The summed E-state index contributed by atoms with van der Waals surface area (Å²) in [6.07, 6.45) is -9.03. The van der Waals surface area contributed by atoms with E-state index in [4.69, 9.17) is 18.9 Å². The van der Waals surface area contributed by atoms with Gasteiger partial charge in [0.15, 0.2) is 6.29 Å². The van der Waals surface area contributed by atoms with Crippen molar-refractivity contribution in [2.75, 3.05) is 6.61 Å². The molecule has 4 rings (SSSR count). The average molecular weight is 494 g/mol. The number of aliphatic hydroxyl groups excluding tert-OH is 4. The molecular formula is C23H26O12. The number of phenols is 1. The molecule has 1 aliphatic carbocycles. The zero-order valence-electron chi connectivity index (χ0n) is 18.3. The second kappa shape index (κ2) is 9.93. The number of esters is 1. The molecule has 1 aromatic carbocycles. The minimum Gasteiger partial charge on any atom is -0.508 e. The normalized spacial score (nSPS) is 36.6. The number of fused-ring (bicyclic) bond motifs is 1. The van der Waals surface area contributed by atoms with Crippen LogP contribution in [0.4, 0.5) is 0 Å². The van der Waals surface area contributed by atoms with Crippen LogP contribution in [0.2, 0.25) is 0 Å². The first-order chi connectivity index (χ1) is 16.6. The van der Waals surface area contributed by atoms with Crippen molar-refractivity contribution in [3.05, 3.63) is 53.8 Å². The number of aromatic hydroxyl groups is 1. The minimum absolute atomic E-state index is 0.0420. The van der Waals surface area contributed by atoms with Crippen LogP contribution in [0.3, 0.4) is 0 Å². The zero-order chi connectivity index (χ0) is 25.4. The first-order valence-corrected chi connectivity index (χ1v) is 10.8. The zero-order valence-corrected chi connectivity index (χ0v) is 18.3. The molecule has 2 heterocycles. The number of benzene rings is 1. The van der Waals surface area contributed by atoms with Crippen molar-refractivity contribution in [2.45, 2.75) is 49.5 Å². The van der Waals surface area contributed by atoms with Gasteiger partial charge in [-0.1, -0.05) is 6.58 Å². The minimum atomic E-state index is -1.73. The highest BCUT2D eigenvalue weighted by atomic mass is 16.8. The van der Waals surface area contributed by atoms with E-state index in [2.05, 4.69) is 6.58 Å². The van der Waals surface area contributed by atoms with E-state index < -0.39 is 73.5 Å². The fourth-order valence-electron chi connectivity index (χ4n) is 4.48. The number of carboxylic acid groups (broad SMARTS) is 1. The van der Waals surface area contributed by atoms with E-state index in [9.17, 15) is 40.2 Å². The van der Waals surface area contributed by atoms with E-state index in [1.165, 1.54) is 24.3 Å².